The smallest absolute Gasteiger partial charge is 0.255 e. The summed E-state index contributed by atoms with van der Waals surface area (Å²) in [7, 11) is 4.55. The van der Waals surface area contributed by atoms with Crippen molar-refractivity contribution < 1.29 is 28.6 Å². The molecule has 1 heterocycles. The minimum atomic E-state index is -0.364. The SMILES string of the molecule is COc1cc(C=C(NC(=O)c2ccccc2)c2nc3c4c(ccc3[nH]2)C(=O)c2ccccc2C4=O)cc(OC)c1OC. The molecule has 2 N–H and O–H groups in total. The molecule has 0 radical (unpaired) electrons. The van der Waals surface area contributed by atoms with Gasteiger partial charge in [-0.2, -0.15) is 0 Å². The molecule has 1 aliphatic rings. The number of fused-ring (bicyclic) bond motifs is 4. The van der Waals surface area contributed by atoms with E-state index in [-0.39, 0.29) is 34.4 Å². The molecular weight excluding hydrogens is 534 g/mol. The van der Waals surface area contributed by atoms with Gasteiger partial charge in [-0.05, 0) is 48.0 Å². The molecule has 1 amide bonds. The topological polar surface area (TPSA) is 120 Å². The van der Waals surface area contributed by atoms with Crippen molar-refractivity contribution in [2.24, 2.45) is 0 Å². The van der Waals surface area contributed by atoms with Crippen molar-refractivity contribution >= 4 is 40.3 Å². The third-order valence-corrected chi connectivity index (χ3v) is 7.08. The minimum absolute atomic E-state index is 0.222. The van der Waals surface area contributed by atoms with E-state index in [9.17, 15) is 14.4 Å². The first kappa shape index (κ1) is 26.5. The fourth-order valence-corrected chi connectivity index (χ4v) is 5.08. The summed E-state index contributed by atoms with van der Waals surface area (Å²) in [5.41, 5.74) is 3.45. The highest BCUT2D eigenvalue weighted by molar-refractivity contribution is 6.31. The van der Waals surface area contributed by atoms with Gasteiger partial charge in [-0.15, -0.1) is 0 Å². The van der Waals surface area contributed by atoms with Crippen LogP contribution < -0.4 is 19.5 Å². The first-order valence-corrected chi connectivity index (χ1v) is 13.0. The van der Waals surface area contributed by atoms with Gasteiger partial charge < -0.3 is 24.5 Å². The van der Waals surface area contributed by atoms with Crippen LogP contribution in [0.25, 0.3) is 22.8 Å². The number of ether oxygens (including phenoxy) is 3. The van der Waals surface area contributed by atoms with E-state index in [1.165, 1.54) is 21.3 Å². The number of nitrogens with one attached hydrogen (secondary N) is 2. The number of nitrogens with zero attached hydrogens (tertiary/aromatic N) is 1. The van der Waals surface area contributed by atoms with E-state index in [4.69, 9.17) is 19.2 Å². The molecule has 0 bridgehead atoms. The molecule has 0 atom stereocenters. The number of benzene rings is 4. The number of carbonyl (C=O) groups is 3. The van der Waals surface area contributed by atoms with E-state index in [1.54, 1.807) is 78.9 Å². The summed E-state index contributed by atoms with van der Waals surface area (Å²) in [5.74, 6) is 0.680. The number of ketones is 2. The lowest BCUT2D eigenvalue weighted by atomic mass is 9.83. The first-order chi connectivity index (χ1) is 20.4. The second-order valence-corrected chi connectivity index (χ2v) is 9.51. The van der Waals surface area contributed by atoms with Gasteiger partial charge in [0.25, 0.3) is 5.91 Å². The minimum Gasteiger partial charge on any atom is -0.493 e. The predicted molar refractivity (Wildman–Crippen MR) is 157 cm³/mol. The van der Waals surface area contributed by atoms with Gasteiger partial charge in [0.1, 0.15) is 5.52 Å². The van der Waals surface area contributed by atoms with Gasteiger partial charge in [-0.25, -0.2) is 4.98 Å². The number of aromatic nitrogens is 2. The van der Waals surface area contributed by atoms with Gasteiger partial charge in [0.05, 0.1) is 38.1 Å². The Hall–Kier alpha value is -5.70. The van der Waals surface area contributed by atoms with Crippen LogP contribution in [0.4, 0.5) is 0 Å². The Morgan fingerprint density at radius 1 is 0.786 bits per heavy atom. The highest BCUT2D eigenvalue weighted by Crippen LogP contribution is 2.39. The lowest BCUT2D eigenvalue weighted by molar-refractivity contribution is 0.0972. The lowest BCUT2D eigenvalue weighted by Crippen LogP contribution is -2.22. The van der Waals surface area contributed by atoms with Crippen molar-refractivity contribution in [1.82, 2.24) is 15.3 Å². The fraction of sp³-hybridized carbons (Fsp3) is 0.0909. The van der Waals surface area contributed by atoms with E-state index in [0.29, 0.717) is 56.2 Å². The fourth-order valence-electron chi connectivity index (χ4n) is 5.08. The molecule has 9 nitrogen and oxygen atoms in total. The number of hydrogen-bond acceptors (Lipinski definition) is 7. The zero-order valence-electron chi connectivity index (χ0n) is 23.0. The maximum atomic E-state index is 13.6. The Balaban J connectivity index is 1.51. The standard InChI is InChI=1S/C33H25N3O6/c1-40-25-16-18(17-26(41-2)31(25)42-3)15-24(35-33(39)19-9-5-4-6-10-19)32-34-23-14-13-22-27(28(23)36-32)30(38)21-12-8-7-11-20(21)29(22)37/h4-17H,1-3H3,(H,34,36)(H,35,39). The summed E-state index contributed by atoms with van der Waals surface area (Å²) in [6.45, 7) is 0. The average molecular weight is 560 g/mol. The van der Waals surface area contributed by atoms with Crippen molar-refractivity contribution in [1.29, 1.82) is 0 Å². The quantitative estimate of drug-likeness (QED) is 0.273. The lowest BCUT2D eigenvalue weighted by Gasteiger charge is -2.17. The van der Waals surface area contributed by atoms with Gasteiger partial charge in [0.15, 0.2) is 28.9 Å². The zero-order valence-corrected chi connectivity index (χ0v) is 23.0. The van der Waals surface area contributed by atoms with Crippen LogP contribution in [0.1, 0.15) is 53.6 Å². The molecule has 0 unspecified atom stereocenters. The van der Waals surface area contributed by atoms with E-state index in [2.05, 4.69) is 10.3 Å². The van der Waals surface area contributed by atoms with Crippen molar-refractivity contribution in [3.63, 3.8) is 0 Å². The van der Waals surface area contributed by atoms with Crippen molar-refractivity contribution in [2.75, 3.05) is 21.3 Å². The zero-order chi connectivity index (χ0) is 29.4. The van der Waals surface area contributed by atoms with Crippen LogP contribution in [-0.4, -0.2) is 48.8 Å². The monoisotopic (exact) mass is 559 g/mol. The molecule has 9 heteroatoms. The number of H-pyrrole nitrogens is 1. The number of hydrogen-bond donors (Lipinski definition) is 2. The van der Waals surface area contributed by atoms with Crippen molar-refractivity contribution in [3.8, 4) is 17.2 Å². The first-order valence-electron chi connectivity index (χ1n) is 13.0. The molecule has 5 aromatic rings. The molecule has 208 valence electrons. The molecule has 4 aromatic carbocycles. The van der Waals surface area contributed by atoms with Gasteiger partial charge in [-0.1, -0.05) is 42.5 Å². The molecule has 6 rings (SSSR count). The number of amides is 1. The molecular formula is C33H25N3O6. The summed E-state index contributed by atoms with van der Waals surface area (Å²) in [4.78, 5) is 48.1. The summed E-state index contributed by atoms with van der Waals surface area (Å²) in [5, 5.41) is 2.94. The Morgan fingerprint density at radius 3 is 2.07 bits per heavy atom. The molecule has 0 spiro atoms. The third-order valence-electron chi connectivity index (χ3n) is 7.08. The average Bonchev–Trinajstić information content (AvgIpc) is 3.47. The summed E-state index contributed by atoms with van der Waals surface area (Å²) in [6, 6.07) is 22.3. The van der Waals surface area contributed by atoms with E-state index in [0.717, 1.165) is 0 Å². The van der Waals surface area contributed by atoms with Crippen LogP contribution in [0, 0.1) is 0 Å². The third kappa shape index (κ3) is 4.46. The van der Waals surface area contributed by atoms with Crippen LogP contribution in [0.5, 0.6) is 17.2 Å². The number of methoxy groups -OCH3 is 3. The molecule has 0 fully saturated rings. The number of rotatable bonds is 7. The van der Waals surface area contributed by atoms with Crippen LogP contribution >= 0.6 is 0 Å². The van der Waals surface area contributed by atoms with Crippen LogP contribution in [0.2, 0.25) is 0 Å². The van der Waals surface area contributed by atoms with Crippen LogP contribution in [0.3, 0.4) is 0 Å². The van der Waals surface area contributed by atoms with Gasteiger partial charge >= 0.3 is 0 Å². The molecule has 1 aromatic heterocycles. The van der Waals surface area contributed by atoms with Gasteiger partial charge in [0.2, 0.25) is 5.75 Å². The van der Waals surface area contributed by atoms with E-state index in [1.807, 2.05) is 6.07 Å². The highest BCUT2D eigenvalue weighted by atomic mass is 16.5. The molecule has 0 aliphatic heterocycles. The Kier molecular flexibility index (Phi) is 6.76. The maximum absolute atomic E-state index is 13.6. The summed E-state index contributed by atoms with van der Waals surface area (Å²) < 4.78 is 16.5. The second kappa shape index (κ2) is 10.7. The Morgan fingerprint density at radius 2 is 1.43 bits per heavy atom. The normalized spacial score (nSPS) is 12.5. The second-order valence-electron chi connectivity index (χ2n) is 9.51. The summed E-state index contributed by atoms with van der Waals surface area (Å²) >= 11 is 0. The highest BCUT2D eigenvalue weighted by Gasteiger charge is 2.32. The molecule has 0 saturated carbocycles. The number of carbonyl (C=O) groups excluding carboxylic acids is 3. The number of imidazole rings is 1. The van der Waals surface area contributed by atoms with Crippen molar-refractivity contribution in [3.05, 3.63) is 118 Å². The van der Waals surface area contributed by atoms with E-state index < -0.39 is 0 Å². The van der Waals surface area contributed by atoms with Crippen LogP contribution in [-0.2, 0) is 0 Å². The molecule has 42 heavy (non-hydrogen) atoms. The van der Waals surface area contributed by atoms with E-state index >= 15 is 0 Å². The maximum Gasteiger partial charge on any atom is 0.255 e. The molecule has 1 aliphatic carbocycles. The Labute approximate surface area is 240 Å². The van der Waals surface area contributed by atoms with Gasteiger partial charge in [0, 0.05) is 22.3 Å². The van der Waals surface area contributed by atoms with Crippen LogP contribution in [0.15, 0.2) is 78.9 Å². The number of aromatic amines is 1. The largest absolute Gasteiger partial charge is 0.493 e. The predicted octanol–water partition coefficient (Wildman–Crippen LogP) is 5.29. The van der Waals surface area contributed by atoms with Crippen molar-refractivity contribution in [2.45, 2.75) is 0 Å². The van der Waals surface area contributed by atoms with Gasteiger partial charge in [-0.3, -0.25) is 14.4 Å². The Bertz CT molecular complexity index is 1900. The summed E-state index contributed by atoms with van der Waals surface area (Å²) in [6.07, 6.45) is 1.71. The molecule has 0 saturated heterocycles.